The number of alkyl halides is 2. The molecular weight excluding hydrogens is 268 g/mol. The molecular formula is C18H15F2N. The minimum atomic E-state index is -2.43. The zero-order valence-electron chi connectivity index (χ0n) is 11.4. The van der Waals surface area contributed by atoms with Gasteiger partial charge in [-0.15, -0.1) is 0 Å². The van der Waals surface area contributed by atoms with E-state index in [0.717, 1.165) is 22.0 Å². The SMILES string of the molecule is FC(F)c1cccc(CNc2cccc3ccccc23)c1. The van der Waals surface area contributed by atoms with E-state index in [4.69, 9.17) is 0 Å². The average Bonchev–Trinajstić information content (AvgIpc) is 2.53. The molecule has 3 heteroatoms. The van der Waals surface area contributed by atoms with Gasteiger partial charge in [0.25, 0.3) is 6.43 Å². The standard InChI is InChI=1S/C18H15F2N/c19-18(20)15-8-3-5-13(11-15)12-21-17-10-4-7-14-6-1-2-9-16(14)17/h1-11,18,21H,12H2. The molecule has 1 nitrogen and oxygen atoms in total. The van der Waals surface area contributed by atoms with Gasteiger partial charge in [0.2, 0.25) is 0 Å². The predicted molar refractivity (Wildman–Crippen MR) is 82.7 cm³/mol. The Bertz CT molecular complexity index is 748. The summed E-state index contributed by atoms with van der Waals surface area (Å²) in [6.45, 7) is 0.522. The third-order valence-corrected chi connectivity index (χ3v) is 3.48. The van der Waals surface area contributed by atoms with Crippen LogP contribution < -0.4 is 5.32 Å². The van der Waals surface area contributed by atoms with Gasteiger partial charge in [-0.05, 0) is 23.1 Å². The third kappa shape index (κ3) is 3.02. The van der Waals surface area contributed by atoms with Gasteiger partial charge in [-0.3, -0.25) is 0 Å². The number of halogens is 2. The molecule has 0 fully saturated rings. The highest BCUT2D eigenvalue weighted by Crippen LogP contribution is 2.24. The van der Waals surface area contributed by atoms with Crippen molar-refractivity contribution < 1.29 is 8.78 Å². The van der Waals surface area contributed by atoms with E-state index in [0.29, 0.717) is 6.54 Å². The molecule has 3 aromatic rings. The Hall–Kier alpha value is -2.42. The minimum absolute atomic E-state index is 0.0622. The van der Waals surface area contributed by atoms with Crippen LogP contribution in [0.4, 0.5) is 14.5 Å². The highest BCUT2D eigenvalue weighted by Gasteiger charge is 2.07. The summed E-state index contributed by atoms with van der Waals surface area (Å²) in [6, 6.07) is 20.6. The summed E-state index contributed by atoms with van der Waals surface area (Å²) >= 11 is 0. The second-order valence-electron chi connectivity index (χ2n) is 4.93. The Kier molecular flexibility index (Phi) is 3.82. The van der Waals surface area contributed by atoms with Gasteiger partial charge >= 0.3 is 0 Å². The van der Waals surface area contributed by atoms with Crippen molar-refractivity contribution in [1.82, 2.24) is 0 Å². The van der Waals surface area contributed by atoms with Crippen molar-refractivity contribution in [3.63, 3.8) is 0 Å². The fourth-order valence-electron chi connectivity index (χ4n) is 2.42. The molecule has 0 aliphatic heterocycles. The number of hydrogen-bond acceptors (Lipinski definition) is 1. The van der Waals surface area contributed by atoms with E-state index in [2.05, 4.69) is 17.4 Å². The van der Waals surface area contributed by atoms with E-state index in [1.165, 1.54) is 6.07 Å². The largest absolute Gasteiger partial charge is 0.380 e. The van der Waals surface area contributed by atoms with Crippen molar-refractivity contribution >= 4 is 16.5 Å². The molecule has 0 amide bonds. The number of hydrogen-bond donors (Lipinski definition) is 1. The van der Waals surface area contributed by atoms with Gasteiger partial charge in [0, 0.05) is 23.2 Å². The molecule has 0 spiro atoms. The Morgan fingerprint density at radius 3 is 2.48 bits per heavy atom. The first kappa shape index (κ1) is 13.6. The number of anilines is 1. The normalized spacial score (nSPS) is 11.0. The Labute approximate surface area is 122 Å². The average molecular weight is 283 g/mol. The monoisotopic (exact) mass is 283 g/mol. The van der Waals surface area contributed by atoms with Crippen LogP contribution in [0.25, 0.3) is 10.8 Å². The fourth-order valence-corrected chi connectivity index (χ4v) is 2.42. The van der Waals surface area contributed by atoms with Gasteiger partial charge in [-0.25, -0.2) is 8.78 Å². The molecule has 106 valence electrons. The van der Waals surface area contributed by atoms with Crippen molar-refractivity contribution in [2.24, 2.45) is 0 Å². The summed E-state index contributed by atoms with van der Waals surface area (Å²) in [4.78, 5) is 0. The van der Waals surface area contributed by atoms with Crippen LogP contribution in [0, 0.1) is 0 Å². The summed E-state index contributed by atoms with van der Waals surface area (Å²) in [7, 11) is 0. The molecule has 0 bridgehead atoms. The van der Waals surface area contributed by atoms with Gasteiger partial charge in [0.1, 0.15) is 0 Å². The Balaban J connectivity index is 1.82. The Morgan fingerprint density at radius 1 is 0.857 bits per heavy atom. The molecule has 0 saturated heterocycles. The van der Waals surface area contributed by atoms with E-state index in [1.54, 1.807) is 12.1 Å². The highest BCUT2D eigenvalue weighted by atomic mass is 19.3. The molecule has 3 aromatic carbocycles. The molecule has 0 aliphatic carbocycles. The molecule has 0 heterocycles. The number of rotatable bonds is 4. The van der Waals surface area contributed by atoms with Crippen LogP contribution in [0.1, 0.15) is 17.6 Å². The van der Waals surface area contributed by atoms with Crippen LogP contribution in [-0.4, -0.2) is 0 Å². The molecule has 0 radical (unpaired) electrons. The second kappa shape index (κ2) is 5.92. The second-order valence-corrected chi connectivity index (χ2v) is 4.93. The first-order chi connectivity index (χ1) is 10.2. The van der Waals surface area contributed by atoms with Crippen molar-refractivity contribution in [2.75, 3.05) is 5.32 Å². The fraction of sp³-hybridized carbons (Fsp3) is 0.111. The zero-order valence-corrected chi connectivity index (χ0v) is 11.4. The molecule has 0 unspecified atom stereocenters. The van der Waals surface area contributed by atoms with Crippen molar-refractivity contribution in [2.45, 2.75) is 13.0 Å². The van der Waals surface area contributed by atoms with E-state index < -0.39 is 6.43 Å². The lowest BCUT2D eigenvalue weighted by Crippen LogP contribution is -2.00. The summed E-state index contributed by atoms with van der Waals surface area (Å²) in [5.41, 5.74) is 1.92. The van der Waals surface area contributed by atoms with Gasteiger partial charge in [0.05, 0.1) is 0 Å². The minimum Gasteiger partial charge on any atom is -0.380 e. The first-order valence-corrected chi connectivity index (χ1v) is 6.82. The maximum atomic E-state index is 12.7. The lowest BCUT2D eigenvalue weighted by atomic mass is 10.1. The number of nitrogens with one attached hydrogen (secondary N) is 1. The molecule has 0 aliphatic rings. The van der Waals surface area contributed by atoms with Crippen LogP contribution in [-0.2, 0) is 6.54 Å². The van der Waals surface area contributed by atoms with Crippen LogP contribution >= 0.6 is 0 Å². The van der Waals surface area contributed by atoms with Gasteiger partial charge in [0.15, 0.2) is 0 Å². The zero-order chi connectivity index (χ0) is 14.7. The predicted octanol–water partition coefficient (Wildman–Crippen LogP) is 5.39. The maximum Gasteiger partial charge on any atom is 0.263 e. The summed E-state index contributed by atoms with van der Waals surface area (Å²) in [5.74, 6) is 0. The van der Waals surface area contributed by atoms with Crippen molar-refractivity contribution in [1.29, 1.82) is 0 Å². The topological polar surface area (TPSA) is 12.0 Å². The van der Waals surface area contributed by atoms with Crippen molar-refractivity contribution in [3.8, 4) is 0 Å². The van der Waals surface area contributed by atoms with E-state index >= 15 is 0 Å². The molecule has 1 N–H and O–H groups in total. The lowest BCUT2D eigenvalue weighted by Gasteiger charge is -2.10. The summed E-state index contributed by atoms with van der Waals surface area (Å²) in [5, 5.41) is 5.61. The van der Waals surface area contributed by atoms with Crippen LogP contribution in [0.3, 0.4) is 0 Å². The van der Waals surface area contributed by atoms with E-state index in [9.17, 15) is 8.78 Å². The summed E-state index contributed by atoms with van der Waals surface area (Å²) in [6.07, 6.45) is -2.43. The maximum absolute atomic E-state index is 12.7. The van der Waals surface area contributed by atoms with Gasteiger partial charge in [-0.2, -0.15) is 0 Å². The first-order valence-electron chi connectivity index (χ1n) is 6.82. The number of fused-ring (bicyclic) bond motifs is 1. The summed E-state index contributed by atoms with van der Waals surface area (Å²) < 4.78 is 25.4. The lowest BCUT2D eigenvalue weighted by molar-refractivity contribution is 0.151. The smallest absolute Gasteiger partial charge is 0.263 e. The van der Waals surface area contributed by atoms with Gasteiger partial charge in [-0.1, -0.05) is 54.6 Å². The number of benzene rings is 3. The third-order valence-electron chi connectivity index (χ3n) is 3.48. The quantitative estimate of drug-likeness (QED) is 0.677. The van der Waals surface area contributed by atoms with Crippen LogP contribution in [0.5, 0.6) is 0 Å². The van der Waals surface area contributed by atoms with E-state index in [1.807, 2.05) is 36.4 Å². The molecule has 21 heavy (non-hydrogen) atoms. The van der Waals surface area contributed by atoms with E-state index in [-0.39, 0.29) is 5.56 Å². The highest BCUT2D eigenvalue weighted by molar-refractivity contribution is 5.93. The Morgan fingerprint density at radius 2 is 1.62 bits per heavy atom. The molecule has 0 saturated carbocycles. The van der Waals surface area contributed by atoms with Crippen LogP contribution in [0.15, 0.2) is 66.7 Å². The van der Waals surface area contributed by atoms with Crippen molar-refractivity contribution in [3.05, 3.63) is 77.9 Å². The molecule has 3 rings (SSSR count). The van der Waals surface area contributed by atoms with Gasteiger partial charge < -0.3 is 5.32 Å². The van der Waals surface area contributed by atoms with Crippen LogP contribution in [0.2, 0.25) is 0 Å². The molecule has 0 aromatic heterocycles. The molecule has 0 atom stereocenters.